The number of nitrogens with zero attached hydrogens (tertiary/aromatic N) is 2. The lowest BCUT2D eigenvalue weighted by Gasteiger charge is -2.26. The molecular weight excluding hydrogens is 615 g/mol. The maximum Gasteiger partial charge on any atom is 0.270 e. The van der Waals surface area contributed by atoms with E-state index in [1.165, 1.54) is 18.6 Å². The van der Waals surface area contributed by atoms with Crippen LogP contribution in [0, 0.1) is 18.7 Å². The molecule has 1 saturated heterocycles. The number of fused-ring (bicyclic) bond motifs is 2. The van der Waals surface area contributed by atoms with Crippen LogP contribution in [0.5, 0.6) is 5.75 Å². The van der Waals surface area contributed by atoms with Crippen molar-refractivity contribution in [3.05, 3.63) is 83.8 Å². The van der Waals surface area contributed by atoms with Crippen molar-refractivity contribution in [2.24, 2.45) is 0 Å². The van der Waals surface area contributed by atoms with Crippen LogP contribution in [0.2, 0.25) is 0 Å². The SMILES string of the molecule is C#C.CC.CNC(=O)c1c(-c2ccc(F)cc2)oc2cc(N(C)SC)ccc12.COc1cccc2[nH]c(C(=O)N3CCCCC3)cc12. The number of anilines is 1. The zero-order valence-corrected chi connectivity index (χ0v) is 28.7. The first kappa shape index (κ1) is 36.6. The van der Waals surface area contributed by atoms with Gasteiger partial charge in [0.25, 0.3) is 11.8 Å². The van der Waals surface area contributed by atoms with E-state index in [1.807, 2.05) is 78.8 Å². The van der Waals surface area contributed by atoms with Crippen molar-refractivity contribution in [3.63, 3.8) is 0 Å². The van der Waals surface area contributed by atoms with Crippen molar-refractivity contribution in [2.45, 2.75) is 33.1 Å². The van der Waals surface area contributed by atoms with Crippen molar-refractivity contribution in [3.8, 4) is 29.9 Å². The van der Waals surface area contributed by atoms with Crippen molar-refractivity contribution in [1.82, 2.24) is 15.2 Å². The summed E-state index contributed by atoms with van der Waals surface area (Å²) in [7, 11) is 5.18. The molecule has 2 N–H and O–H groups in total. The number of aromatic nitrogens is 1. The van der Waals surface area contributed by atoms with Gasteiger partial charge >= 0.3 is 0 Å². The smallest absolute Gasteiger partial charge is 0.270 e. The van der Waals surface area contributed by atoms with Crippen molar-refractivity contribution >= 4 is 51.3 Å². The van der Waals surface area contributed by atoms with E-state index in [1.54, 1.807) is 38.2 Å². The van der Waals surface area contributed by atoms with Crippen molar-refractivity contribution in [2.75, 3.05) is 44.9 Å². The van der Waals surface area contributed by atoms with Crippen LogP contribution < -0.4 is 14.4 Å². The number of piperidine rings is 1. The molecule has 2 aromatic heterocycles. The zero-order valence-electron chi connectivity index (χ0n) is 27.9. The molecule has 3 heterocycles. The second-order valence-electron chi connectivity index (χ2n) is 10.2. The number of aromatic amines is 1. The summed E-state index contributed by atoms with van der Waals surface area (Å²) in [6, 6.07) is 19.3. The lowest BCUT2D eigenvalue weighted by Crippen LogP contribution is -2.35. The molecule has 0 radical (unpaired) electrons. The molecule has 6 rings (SSSR count). The zero-order chi connectivity index (χ0) is 34.5. The first-order valence-electron chi connectivity index (χ1n) is 15.4. The molecule has 1 aliphatic rings. The van der Waals surface area contributed by atoms with E-state index in [0.29, 0.717) is 28.2 Å². The van der Waals surface area contributed by atoms with Gasteiger partial charge in [-0.25, -0.2) is 4.39 Å². The number of rotatable bonds is 6. The lowest BCUT2D eigenvalue weighted by molar-refractivity contribution is 0.0719. The second kappa shape index (κ2) is 17.7. The van der Waals surface area contributed by atoms with E-state index < -0.39 is 0 Å². The maximum atomic E-state index is 13.2. The third-order valence-corrected chi connectivity index (χ3v) is 8.35. The molecule has 10 heteroatoms. The third-order valence-electron chi connectivity index (χ3n) is 7.59. The van der Waals surface area contributed by atoms with Gasteiger partial charge in [-0.05, 0) is 73.9 Å². The van der Waals surface area contributed by atoms with Crippen LogP contribution in [0.15, 0.2) is 71.1 Å². The standard InChI is InChI=1S/C18H17FN2O2S.C15H18N2O2.C2H6.C2H2/c1-20-18(22)16-14-9-8-13(21(2)24-3)10-15(14)23-17(16)11-4-6-12(19)7-5-11;1-19-14-7-5-6-12-11(14)10-13(16-12)15(18)17-8-3-2-4-9-17;2*1-2/h4-10H,1-3H3,(H,20,22);5-7,10,16H,2-4,8-9H2,1H3;1-2H3;1-2H. The van der Waals surface area contributed by atoms with Crippen LogP contribution in [0.4, 0.5) is 10.1 Å². The molecule has 248 valence electrons. The number of H-pyrrole nitrogens is 1. The number of benzene rings is 3. The summed E-state index contributed by atoms with van der Waals surface area (Å²) < 4.78 is 26.5. The summed E-state index contributed by atoms with van der Waals surface area (Å²) >= 11 is 1.58. The fourth-order valence-corrected chi connectivity index (χ4v) is 5.55. The maximum absolute atomic E-state index is 13.2. The van der Waals surface area contributed by atoms with Gasteiger partial charge in [0.1, 0.15) is 28.6 Å². The number of nitrogens with one attached hydrogen (secondary N) is 2. The molecule has 0 aliphatic carbocycles. The number of carbonyl (C=O) groups is 2. The lowest BCUT2D eigenvalue weighted by atomic mass is 10.0. The Labute approximate surface area is 280 Å². The van der Waals surface area contributed by atoms with Crippen molar-refractivity contribution in [1.29, 1.82) is 0 Å². The Morgan fingerprint density at radius 1 is 1.00 bits per heavy atom. The number of hydrogen-bond acceptors (Lipinski definition) is 6. The average Bonchev–Trinajstić information content (AvgIpc) is 3.75. The van der Waals surface area contributed by atoms with Gasteiger partial charge in [-0.1, -0.05) is 31.9 Å². The minimum atomic E-state index is -0.333. The highest BCUT2D eigenvalue weighted by atomic mass is 32.2. The molecule has 5 aromatic rings. The fraction of sp³-hybridized carbons (Fsp3) is 0.297. The average molecular weight is 659 g/mol. The summed E-state index contributed by atoms with van der Waals surface area (Å²) in [6.45, 7) is 5.73. The fourth-order valence-electron chi connectivity index (χ4n) is 5.23. The van der Waals surface area contributed by atoms with Crippen LogP contribution in [-0.4, -0.2) is 62.2 Å². The van der Waals surface area contributed by atoms with Crippen LogP contribution in [0.25, 0.3) is 33.2 Å². The van der Waals surface area contributed by atoms with Crippen LogP contribution in [-0.2, 0) is 0 Å². The predicted octanol–water partition coefficient (Wildman–Crippen LogP) is 8.39. The molecule has 0 spiro atoms. The molecule has 47 heavy (non-hydrogen) atoms. The van der Waals surface area contributed by atoms with Gasteiger partial charge in [-0.2, -0.15) is 0 Å². The molecule has 0 unspecified atom stereocenters. The predicted molar refractivity (Wildman–Crippen MR) is 193 cm³/mol. The van der Waals surface area contributed by atoms with Gasteiger partial charge < -0.3 is 28.7 Å². The number of likely N-dealkylation sites (tertiary alicyclic amines) is 1. The second-order valence-corrected chi connectivity index (χ2v) is 11.1. The number of ether oxygens (including phenoxy) is 1. The quantitative estimate of drug-likeness (QED) is 0.141. The molecule has 0 saturated carbocycles. The van der Waals surface area contributed by atoms with E-state index in [0.717, 1.165) is 53.7 Å². The number of carbonyl (C=O) groups excluding carboxylic acids is 2. The van der Waals surface area contributed by atoms with Gasteiger partial charge in [0.2, 0.25) is 0 Å². The van der Waals surface area contributed by atoms with E-state index in [9.17, 15) is 14.0 Å². The van der Waals surface area contributed by atoms with Crippen LogP contribution in [0.3, 0.4) is 0 Å². The Bertz CT molecular complexity index is 1790. The Morgan fingerprint density at radius 2 is 1.68 bits per heavy atom. The minimum Gasteiger partial charge on any atom is -0.496 e. The van der Waals surface area contributed by atoms with Gasteiger partial charge in [0, 0.05) is 61.4 Å². The Balaban J connectivity index is 0.000000236. The highest BCUT2D eigenvalue weighted by molar-refractivity contribution is 7.99. The normalized spacial score (nSPS) is 12.1. The van der Waals surface area contributed by atoms with E-state index in [-0.39, 0.29) is 17.6 Å². The first-order valence-corrected chi connectivity index (χ1v) is 16.6. The Hall–Kier alpha value is -4.88. The highest BCUT2D eigenvalue weighted by Gasteiger charge is 2.22. The molecule has 1 aliphatic heterocycles. The first-order chi connectivity index (χ1) is 22.8. The summed E-state index contributed by atoms with van der Waals surface area (Å²) in [4.78, 5) is 29.9. The molecule has 0 bridgehead atoms. The van der Waals surface area contributed by atoms with Crippen LogP contribution >= 0.6 is 11.9 Å². The van der Waals surface area contributed by atoms with E-state index in [4.69, 9.17) is 9.15 Å². The Morgan fingerprint density at radius 3 is 2.30 bits per heavy atom. The van der Waals surface area contributed by atoms with Gasteiger partial charge in [0.15, 0.2) is 0 Å². The molecule has 2 amide bonds. The van der Waals surface area contributed by atoms with Crippen molar-refractivity contribution < 1.29 is 23.1 Å². The van der Waals surface area contributed by atoms with Gasteiger partial charge in [0.05, 0.1) is 18.4 Å². The van der Waals surface area contributed by atoms with Gasteiger partial charge in [-0.15, -0.1) is 12.8 Å². The number of methoxy groups -OCH3 is 1. The molecular formula is C37H43FN4O4S. The third kappa shape index (κ3) is 8.48. The van der Waals surface area contributed by atoms with E-state index in [2.05, 4.69) is 23.1 Å². The highest BCUT2D eigenvalue weighted by Crippen LogP contribution is 2.36. The van der Waals surface area contributed by atoms with E-state index >= 15 is 0 Å². The minimum absolute atomic E-state index is 0.0953. The molecule has 3 aromatic carbocycles. The summed E-state index contributed by atoms with van der Waals surface area (Å²) in [5, 5.41) is 4.33. The number of amides is 2. The summed E-state index contributed by atoms with van der Waals surface area (Å²) in [6.07, 6.45) is 13.4. The monoisotopic (exact) mass is 658 g/mol. The molecule has 8 nitrogen and oxygen atoms in total. The number of hydrogen-bond donors (Lipinski definition) is 2. The largest absolute Gasteiger partial charge is 0.496 e. The number of halogens is 1. The molecule has 1 fully saturated rings. The summed E-state index contributed by atoms with van der Waals surface area (Å²) in [5.74, 6) is 0.761. The molecule has 0 atom stereocenters. The number of furan rings is 1. The van der Waals surface area contributed by atoms with Crippen LogP contribution in [0.1, 0.15) is 54.0 Å². The summed E-state index contributed by atoms with van der Waals surface area (Å²) in [5.41, 5.74) is 4.30. The number of terminal acetylenes is 1. The van der Waals surface area contributed by atoms with Gasteiger partial charge in [-0.3, -0.25) is 9.59 Å². The Kier molecular flexibility index (Phi) is 13.8. The topological polar surface area (TPSA) is 90.8 Å².